The zero-order chi connectivity index (χ0) is 14.9. The third kappa shape index (κ3) is 2.68. The number of hydrogen-bond acceptors (Lipinski definition) is 1. The Hall–Kier alpha value is -1.31. The van der Waals surface area contributed by atoms with Crippen LogP contribution in [0.5, 0.6) is 0 Å². The predicted molar refractivity (Wildman–Crippen MR) is 93.3 cm³/mol. The first-order valence-electron chi connectivity index (χ1n) is 8.34. The molecule has 2 aromatic carbocycles. The molecule has 22 heavy (non-hydrogen) atoms. The minimum Gasteiger partial charge on any atom is -0.299 e. The van der Waals surface area contributed by atoms with Gasteiger partial charge in [0.1, 0.15) is 0 Å². The smallest absolute Gasteiger partial charge is 0.0523 e. The topological polar surface area (TPSA) is 3.24 Å². The summed E-state index contributed by atoms with van der Waals surface area (Å²) in [5.41, 5.74) is 3.98. The molecule has 3 aliphatic heterocycles. The molecular weight excluding hydrogens is 290 g/mol. The number of rotatable bonds is 3. The summed E-state index contributed by atoms with van der Waals surface area (Å²) >= 11 is 6.71. The summed E-state index contributed by atoms with van der Waals surface area (Å²) in [6.07, 6.45) is 3.66. The molecule has 3 heterocycles. The van der Waals surface area contributed by atoms with Crippen molar-refractivity contribution in [2.75, 3.05) is 13.1 Å². The van der Waals surface area contributed by atoms with Crippen LogP contribution in [0.1, 0.15) is 18.4 Å². The lowest BCUT2D eigenvalue weighted by atomic mass is 9.80. The van der Waals surface area contributed by atoms with E-state index in [1.807, 2.05) is 0 Å². The molecule has 3 fully saturated rings. The third-order valence-electron chi connectivity index (χ3n) is 5.37. The molecule has 0 aliphatic carbocycles. The van der Waals surface area contributed by atoms with Crippen LogP contribution in [0.25, 0.3) is 11.1 Å². The van der Waals surface area contributed by atoms with Crippen molar-refractivity contribution in [2.24, 2.45) is 5.92 Å². The predicted octanol–water partition coefficient (Wildman–Crippen LogP) is 4.60. The molecule has 2 atom stereocenters. The van der Waals surface area contributed by atoms with Gasteiger partial charge in [0.25, 0.3) is 0 Å². The van der Waals surface area contributed by atoms with E-state index in [1.54, 1.807) is 0 Å². The highest BCUT2D eigenvalue weighted by molar-refractivity contribution is 6.21. The Kier molecular flexibility index (Phi) is 3.94. The van der Waals surface area contributed by atoms with Crippen molar-refractivity contribution >= 4 is 11.6 Å². The van der Waals surface area contributed by atoms with Gasteiger partial charge in [-0.15, -0.1) is 11.6 Å². The van der Waals surface area contributed by atoms with E-state index in [0.717, 1.165) is 12.3 Å². The van der Waals surface area contributed by atoms with E-state index in [2.05, 4.69) is 59.5 Å². The Morgan fingerprint density at radius 2 is 1.50 bits per heavy atom. The molecule has 0 aromatic heterocycles. The second-order valence-electron chi connectivity index (χ2n) is 6.65. The second kappa shape index (κ2) is 6.06. The Balaban J connectivity index is 1.50. The van der Waals surface area contributed by atoms with Crippen LogP contribution in [0.15, 0.2) is 54.6 Å². The summed E-state index contributed by atoms with van der Waals surface area (Å²) in [7, 11) is 0. The fourth-order valence-electron chi connectivity index (χ4n) is 4.03. The van der Waals surface area contributed by atoms with Crippen LogP contribution in [-0.4, -0.2) is 29.4 Å². The number of halogens is 1. The van der Waals surface area contributed by atoms with Crippen LogP contribution in [-0.2, 0) is 6.42 Å². The summed E-state index contributed by atoms with van der Waals surface area (Å²) in [5, 5.41) is 0.330. The summed E-state index contributed by atoms with van der Waals surface area (Å²) in [4.78, 5) is 2.60. The molecule has 2 aromatic rings. The van der Waals surface area contributed by atoms with Gasteiger partial charge >= 0.3 is 0 Å². The van der Waals surface area contributed by atoms with Gasteiger partial charge in [-0.25, -0.2) is 0 Å². The van der Waals surface area contributed by atoms with Crippen LogP contribution >= 0.6 is 11.6 Å². The third-order valence-corrected chi connectivity index (χ3v) is 6.01. The molecule has 0 saturated carbocycles. The van der Waals surface area contributed by atoms with Crippen molar-refractivity contribution < 1.29 is 0 Å². The molecule has 0 radical (unpaired) electrons. The summed E-state index contributed by atoms with van der Waals surface area (Å²) in [5.74, 6) is 0.736. The van der Waals surface area contributed by atoms with Gasteiger partial charge in [-0.2, -0.15) is 0 Å². The number of nitrogens with zero attached hydrogens (tertiary/aromatic N) is 1. The number of alkyl halides is 1. The van der Waals surface area contributed by atoms with E-state index in [1.165, 1.54) is 42.6 Å². The van der Waals surface area contributed by atoms with Gasteiger partial charge in [-0.3, -0.25) is 4.90 Å². The first kappa shape index (κ1) is 14.3. The SMILES string of the molecule is ClC1C2CCN(CC2)C1Cc1ccc(-c2ccccc2)cc1. The molecule has 114 valence electrons. The number of piperidine rings is 3. The minimum absolute atomic E-state index is 0.330. The summed E-state index contributed by atoms with van der Waals surface area (Å²) < 4.78 is 0. The summed E-state index contributed by atoms with van der Waals surface area (Å²) in [6, 6.07) is 20.1. The van der Waals surface area contributed by atoms with Gasteiger partial charge in [0, 0.05) is 6.04 Å². The van der Waals surface area contributed by atoms with Gasteiger partial charge in [-0.1, -0.05) is 54.6 Å². The molecular formula is C20H22ClN. The first-order valence-corrected chi connectivity index (χ1v) is 8.77. The average Bonchev–Trinajstić information content (AvgIpc) is 2.60. The highest BCUT2D eigenvalue weighted by Crippen LogP contribution is 2.37. The largest absolute Gasteiger partial charge is 0.299 e. The fourth-order valence-corrected chi connectivity index (χ4v) is 4.53. The average molecular weight is 312 g/mol. The Labute approximate surface area is 137 Å². The molecule has 0 amide bonds. The molecule has 5 rings (SSSR count). The van der Waals surface area contributed by atoms with E-state index < -0.39 is 0 Å². The number of benzene rings is 2. The number of hydrogen-bond donors (Lipinski definition) is 0. The van der Waals surface area contributed by atoms with Crippen molar-refractivity contribution in [1.82, 2.24) is 4.90 Å². The van der Waals surface area contributed by atoms with E-state index >= 15 is 0 Å². The minimum atomic E-state index is 0.330. The number of fused-ring (bicyclic) bond motifs is 3. The molecule has 3 saturated heterocycles. The molecule has 2 bridgehead atoms. The van der Waals surface area contributed by atoms with Crippen molar-refractivity contribution in [3.63, 3.8) is 0 Å². The highest BCUT2D eigenvalue weighted by Gasteiger charge is 2.40. The van der Waals surface area contributed by atoms with Crippen LogP contribution in [0.3, 0.4) is 0 Å². The lowest BCUT2D eigenvalue weighted by molar-refractivity contribution is 0.0546. The fraction of sp³-hybridized carbons (Fsp3) is 0.400. The van der Waals surface area contributed by atoms with Crippen molar-refractivity contribution in [1.29, 1.82) is 0 Å². The normalized spacial score (nSPS) is 30.4. The lowest BCUT2D eigenvalue weighted by Gasteiger charge is -2.49. The van der Waals surface area contributed by atoms with Gasteiger partial charge in [0.05, 0.1) is 5.38 Å². The van der Waals surface area contributed by atoms with Gasteiger partial charge < -0.3 is 0 Å². The zero-order valence-electron chi connectivity index (χ0n) is 12.8. The maximum absolute atomic E-state index is 6.71. The molecule has 3 aliphatic rings. The van der Waals surface area contributed by atoms with Gasteiger partial charge in [-0.05, 0) is 55.0 Å². The van der Waals surface area contributed by atoms with Crippen LogP contribution in [0, 0.1) is 5.92 Å². The maximum Gasteiger partial charge on any atom is 0.0523 e. The Bertz CT molecular complexity index is 612. The van der Waals surface area contributed by atoms with Crippen molar-refractivity contribution in [2.45, 2.75) is 30.7 Å². The standard InChI is InChI=1S/C20H22ClN/c21-20-18-10-12-22(13-11-18)19(20)14-15-6-8-17(9-7-15)16-4-2-1-3-5-16/h1-9,18-20H,10-14H2. The van der Waals surface area contributed by atoms with E-state index in [0.29, 0.717) is 11.4 Å². The van der Waals surface area contributed by atoms with Crippen LogP contribution in [0.2, 0.25) is 0 Å². The van der Waals surface area contributed by atoms with Gasteiger partial charge in [0.2, 0.25) is 0 Å². The van der Waals surface area contributed by atoms with E-state index in [9.17, 15) is 0 Å². The van der Waals surface area contributed by atoms with Crippen LogP contribution < -0.4 is 0 Å². The summed E-state index contributed by atoms with van der Waals surface area (Å²) in [6.45, 7) is 2.47. The van der Waals surface area contributed by atoms with Crippen molar-refractivity contribution in [3.05, 3.63) is 60.2 Å². The molecule has 2 unspecified atom stereocenters. The molecule has 0 spiro atoms. The molecule has 0 N–H and O–H groups in total. The second-order valence-corrected chi connectivity index (χ2v) is 7.16. The van der Waals surface area contributed by atoms with Crippen molar-refractivity contribution in [3.8, 4) is 11.1 Å². The van der Waals surface area contributed by atoms with E-state index in [-0.39, 0.29) is 0 Å². The lowest BCUT2D eigenvalue weighted by Crippen LogP contribution is -2.56. The quantitative estimate of drug-likeness (QED) is 0.749. The zero-order valence-corrected chi connectivity index (χ0v) is 13.5. The monoisotopic (exact) mass is 311 g/mol. The van der Waals surface area contributed by atoms with Crippen LogP contribution in [0.4, 0.5) is 0 Å². The van der Waals surface area contributed by atoms with Gasteiger partial charge in [0.15, 0.2) is 0 Å². The Morgan fingerprint density at radius 3 is 2.14 bits per heavy atom. The first-order chi connectivity index (χ1) is 10.8. The maximum atomic E-state index is 6.71. The molecule has 1 nitrogen and oxygen atoms in total. The highest BCUT2D eigenvalue weighted by atomic mass is 35.5. The van der Waals surface area contributed by atoms with E-state index in [4.69, 9.17) is 11.6 Å². The Morgan fingerprint density at radius 1 is 0.864 bits per heavy atom. The molecule has 2 heteroatoms.